The molecule has 2 saturated heterocycles. The summed E-state index contributed by atoms with van der Waals surface area (Å²) in [5, 5.41) is 0.637. The van der Waals surface area contributed by atoms with Gasteiger partial charge in [0.2, 0.25) is 5.91 Å². The second-order valence-electron chi connectivity index (χ2n) is 9.79. The molecule has 2 fully saturated rings. The van der Waals surface area contributed by atoms with Crippen LogP contribution in [-0.4, -0.2) is 66.9 Å². The van der Waals surface area contributed by atoms with E-state index in [0.29, 0.717) is 51.1 Å². The molecule has 7 nitrogen and oxygen atoms in total. The fraction of sp³-hybridized carbons (Fsp3) is 0.667. The molecule has 1 aromatic rings. The zero-order valence-corrected chi connectivity index (χ0v) is 20.0. The molecule has 8 heteroatoms. The van der Waals surface area contributed by atoms with Crippen molar-refractivity contribution in [1.82, 2.24) is 9.80 Å². The molecule has 0 unspecified atom stereocenters. The molecule has 1 aromatic carbocycles. The zero-order valence-electron chi connectivity index (χ0n) is 19.2. The summed E-state index contributed by atoms with van der Waals surface area (Å²) >= 11 is 6.49. The van der Waals surface area contributed by atoms with Gasteiger partial charge in [-0.05, 0) is 68.9 Å². The number of carbonyl (C=O) groups is 2. The molecule has 32 heavy (non-hydrogen) atoms. The van der Waals surface area contributed by atoms with Gasteiger partial charge in [0, 0.05) is 43.8 Å². The predicted molar refractivity (Wildman–Crippen MR) is 121 cm³/mol. The molecule has 2 amide bonds. The van der Waals surface area contributed by atoms with Crippen molar-refractivity contribution in [2.24, 2.45) is 5.92 Å². The monoisotopic (exact) mass is 464 g/mol. The summed E-state index contributed by atoms with van der Waals surface area (Å²) in [5.74, 6) is 0.223. The maximum atomic E-state index is 13.2. The highest BCUT2D eigenvalue weighted by molar-refractivity contribution is 6.30. The predicted octanol–water partition coefficient (Wildman–Crippen LogP) is 3.96. The largest absolute Gasteiger partial charge is 0.444 e. The third-order valence-corrected chi connectivity index (χ3v) is 6.56. The van der Waals surface area contributed by atoms with Gasteiger partial charge in [-0.25, -0.2) is 4.79 Å². The molecule has 0 spiro atoms. The maximum Gasteiger partial charge on any atom is 0.410 e. The van der Waals surface area contributed by atoms with Gasteiger partial charge in [0.05, 0.1) is 19.3 Å². The van der Waals surface area contributed by atoms with Crippen LogP contribution in [0.2, 0.25) is 5.02 Å². The number of benzene rings is 1. The van der Waals surface area contributed by atoms with Crippen molar-refractivity contribution >= 4 is 23.6 Å². The smallest absolute Gasteiger partial charge is 0.410 e. The van der Waals surface area contributed by atoms with Crippen LogP contribution in [0.25, 0.3) is 0 Å². The molecule has 1 atom stereocenters. The first-order valence-corrected chi connectivity index (χ1v) is 11.9. The molecular weight excluding hydrogens is 432 g/mol. The Labute approximate surface area is 194 Å². The van der Waals surface area contributed by atoms with Crippen molar-refractivity contribution in [1.29, 1.82) is 0 Å². The minimum Gasteiger partial charge on any atom is -0.444 e. The number of hydrogen-bond donors (Lipinski definition) is 0. The highest BCUT2D eigenvalue weighted by atomic mass is 35.5. The van der Waals surface area contributed by atoms with Gasteiger partial charge in [0.1, 0.15) is 5.60 Å². The lowest BCUT2D eigenvalue weighted by Gasteiger charge is -2.40. The van der Waals surface area contributed by atoms with Gasteiger partial charge in [0.25, 0.3) is 0 Å². The Hall–Kier alpha value is -1.83. The lowest BCUT2D eigenvalue weighted by atomic mass is 9.89. The number of carbonyl (C=O) groups excluding carboxylic acids is 2. The number of hydrogen-bond acceptors (Lipinski definition) is 5. The van der Waals surface area contributed by atoms with Gasteiger partial charge in [-0.15, -0.1) is 0 Å². The Morgan fingerprint density at radius 1 is 1.09 bits per heavy atom. The maximum absolute atomic E-state index is 13.2. The van der Waals surface area contributed by atoms with Crippen LogP contribution in [0.3, 0.4) is 0 Å². The summed E-state index contributed by atoms with van der Waals surface area (Å²) < 4.78 is 16.8. The Kier molecular flexibility index (Phi) is 6.98. The van der Waals surface area contributed by atoms with Crippen molar-refractivity contribution in [3.63, 3.8) is 0 Å². The quantitative estimate of drug-likeness (QED) is 0.662. The van der Waals surface area contributed by atoms with E-state index in [-0.39, 0.29) is 24.0 Å². The zero-order chi connectivity index (χ0) is 22.9. The van der Waals surface area contributed by atoms with Gasteiger partial charge >= 0.3 is 6.09 Å². The number of rotatable bonds is 2. The van der Waals surface area contributed by atoms with Gasteiger partial charge in [-0.2, -0.15) is 0 Å². The van der Waals surface area contributed by atoms with Crippen LogP contribution < -0.4 is 0 Å². The van der Waals surface area contributed by atoms with Crippen molar-refractivity contribution in [3.8, 4) is 0 Å². The number of morpholine rings is 1. The molecule has 3 aliphatic rings. The fourth-order valence-corrected chi connectivity index (χ4v) is 5.00. The van der Waals surface area contributed by atoms with E-state index in [4.69, 9.17) is 25.8 Å². The first-order chi connectivity index (χ1) is 15.2. The van der Waals surface area contributed by atoms with E-state index >= 15 is 0 Å². The van der Waals surface area contributed by atoms with E-state index in [1.165, 1.54) is 0 Å². The summed E-state index contributed by atoms with van der Waals surface area (Å²) in [7, 11) is 0. The van der Waals surface area contributed by atoms with E-state index in [1.807, 2.05) is 37.8 Å². The fourth-order valence-electron chi connectivity index (χ4n) is 4.75. The van der Waals surface area contributed by atoms with E-state index in [1.54, 1.807) is 4.90 Å². The normalized spacial score (nSPS) is 22.4. The average molecular weight is 465 g/mol. The average Bonchev–Trinajstić information content (AvgIpc) is 2.77. The SMILES string of the molecule is CC(C)(C)OC(=O)N1CCOC[C@H]1c1cc(Cl)cc2c1CN(C(=O)C1CCOCC1)CC2. The van der Waals surface area contributed by atoms with Crippen molar-refractivity contribution in [2.75, 3.05) is 39.5 Å². The number of ether oxygens (including phenoxy) is 3. The van der Waals surface area contributed by atoms with Crippen molar-refractivity contribution in [3.05, 3.63) is 33.8 Å². The van der Waals surface area contributed by atoms with Gasteiger partial charge in [-0.1, -0.05) is 11.6 Å². The van der Waals surface area contributed by atoms with E-state index in [9.17, 15) is 9.59 Å². The van der Waals surface area contributed by atoms with Crippen molar-refractivity contribution in [2.45, 2.75) is 58.2 Å². The van der Waals surface area contributed by atoms with Crippen LogP contribution in [0.4, 0.5) is 4.79 Å². The van der Waals surface area contributed by atoms with Gasteiger partial charge < -0.3 is 19.1 Å². The Balaban J connectivity index is 1.61. The topological polar surface area (TPSA) is 68.3 Å². The first kappa shape index (κ1) is 23.3. The number of nitrogens with zero attached hydrogens (tertiary/aromatic N) is 2. The molecule has 3 aliphatic heterocycles. The molecule has 0 N–H and O–H groups in total. The van der Waals surface area contributed by atoms with Crippen LogP contribution >= 0.6 is 11.6 Å². The summed E-state index contributed by atoms with van der Waals surface area (Å²) in [4.78, 5) is 29.8. The van der Waals surface area contributed by atoms with E-state index in [0.717, 1.165) is 36.0 Å². The van der Waals surface area contributed by atoms with Crippen LogP contribution in [-0.2, 0) is 32.0 Å². The minimum atomic E-state index is -0.583. The van der Waals surface area contributed by atoms with Crippen LogP contribution in [0.1, 0.15) is 56.3 Å². The highest BCUT2D eigenvalue weighted by Gasteiger charge is 2.36. The molecule has 0 bridgehead atoms. The second kappa shape index (κ2) is 9.57. The molecule has 176 valence electrons. The van der Waals surface area contributed by atoms with Crippen LogP contribution in [0, 0.1) is 5.92 Å². The molecule has 4 rings (SSSR count). The highest BCUT2D eigenvalue weighted by Crippen LogP contribution is 2.36. The van der Waals surface area contributed by atoms with E-state index < -0.39 is 5.60 Å². The van der Waals surface area contributed by atoms with Crippen molar-refractivity contribution < 1.29 is 23.8 Å². The molecule has 0 radical (unpaired) electrons. The summed E-state index contributed by atoms with van der Waals surface area (Å²) in [5.41, 5.74) is 2.58. The standard InChI is InChI=1S/C24H33ClN2O5/c1-24(2,3)32-23(29)27-8-11-31-15-21(27)19-13-18(25)12-17-4-7-26(14-20(17)19)22(28)16-5-9-30-10-6-16/h12-13,16,21H,4-11,14-15H2,1-3H3/t21-/m0/s1. The molecule has 0 saturated carbocycles. The van der Waals surface area contributed by atoms with Crippen LogP contribution in [0.5, 0.6) is 0 Å². The minimum absolute atomic E-state index is 0.0253. The van der Waals surface area contributed by atoms with Gasteiger partial charge in [0.15, 0.2) is 0 Å². The Morgan fingerprint density at radius 2 is 1.84 bits per heavy atom. The van der Waals surface area contributed by atoms with E-state index in [2.05, 4.69) is 0 Å². The number of fused-ring (bicyclic) bond motifs is 1. The second-order valence-corrected chi connectivity index (χ2v) is 10.2. The lowest BCUT2D eigenvalue weighted by molar-refractivity contribution is -0.139. The lowest BCUT2D eigenvalue weighted by Crippen LogP contribution is -2.47. The molecule has 0 aliphatic carbocycles. The number of amides is 2. The molecule has 0 aromatic heterocycles. The summed E-state index contributed by atoms with van der Waals surface area (Å²) in [6.45, 7) is 9.37. The molecular formula is C24H33ClN2O5. The van der Waals surface area contributed by atoms with Gasteiger partial charge in [-0.3, -0.25) is 9.69 Å². The Bertz CT molecular complexity index is 863. The summed E-state index contributed by atoms with van der Waals surface area (Å²) in [6.07, 6.45) is 1.94. The first-order valence-electron chi connectivity index (χ1n) is 11.5. The third-order valence-electron chi connectivity index (χ3n) is 6.34. The Morgan fingerprint density at radius 3 is 2.56 bits per heavy atom. The van der Waals surface area contributed by atoms with Crippen LogP contribution in [0.15, 0.2) is 12.1 Å². The molecule has 3 heterocycles. The number of halogens is 1. The summed E-state index contributed by atoms with van der Waals surface area (Å²) in [6, 6.07) is 3.60. The third kappa shape index (κ3) is 5.21.